The van der Waals surface area contributed by atoms with E-state index in [1.165, 1.54) is 0 Å². The molecule has 2 nitrogen and oxygen atoms in total. The minimum absolute atomic E-state index is 0.238. The molecule has 0 radical (unpaired) electrons. The first-order chi connectivity index (χ1) is 7.29. The van der Waals surface area contributed by atoms with E-state index in [1.807, 2.05) is 18.2 Å². The van der Waals surface area contributed by atoms with Crippen molar-refractivity contribution in [3.8, 4) is 0 Å². The van der Waals surface area contributed by atoms with Crippen LogP contribution in [0.5, 0.6) is 0 Å². The largest absolute Gasteiger partial charge is 0.398 e. The normalized spacial score (nSPS) is 13.8. The Labute approximate surface area is 106 Å². The lowest BCUT2D eigenvalue weighted by Crippen LogP contribution is -2.09. The maximum absolute atomic E-state index is 10.1. The SMILES string of the molecule is CC(C)(C)CCC(O)c1cc(Br)ccc1N. The quantitative estimate of drug-likeness (QED) is 0.828. The molecule has 0 amide bonds. The summed E-state index contributed by atoms with van der Waals surface area (Å²) in [4.78, 5) is 0. The molecule has 1 atom stereocenters. The number of benzene rings is 1. The molecule has 0 fully saturated rings. The Morgan fingerprint density at radius 2 is 2.00 bits per heavy atom. The van der Waals surface area contributed by atoms with Gasteiger partial charge in [0.15, 0.2) is 0 Å². The predicted octanol–water partition coefficient (Wildman–Crippen LogP) is 3.89. The van der Waals surface area contributed by atoms with E-state index in [9.17, 15) is 5.11 Å². The van der Waals surface area contributed by atoms with Crippen LogP contribution < -0.4 is 5.73 Å². The van der Waals surface area contributed by atoms with Gasteiger partial charge in [-0.3, -0.25) is 0 Å². The van der Waals surface area contributed by atoms with Crippen molar-refractivity contribution in [3.63, 3.8) is 0 Å². The minimum atomic E-state index is -0.475. The van der Waals surface area contributed by atoms with E-state index >= 15 is 0 Å². The molecular weight excluding hydrogens is 266 g/mol. The molecule has 0 saturated carbocycles. The van der Waals surface area contributed by atoms with Gasteiger partial charge in [0.25, 0.3) is 0 Å². The van der Waals surface area contributed by atoms with Crippen LogP contribution in [-0.2, 0) is 0 Å². The molecule has 0 bridgehead atoms. The molecule has 0 aromatic heterocycles. The van der Waals surface area contributed by atoms with E-state index in [0.717, 1.165) is 22.9 Å². The van der Waals surface area contributed by atoms with Crippen LogP contribution in [0.1, 0.15) is 45.3 Å². The number of nitrogen functional groups attached to an aromatic ring is 1. The number of hydrogen-bond donors (Lipinski definition) is 2. The molecule has 90 valence electrons. The second kappa shape index (κ2) is 5.19. The molecule has 0 aliphatic carbocycles. The van der Waals surface area contributed by atoms with E-state index in [2.05, 4.69) is 36.7 Å². The number of rotatable bonds is 3. The lowest BCUT2D eigenvalue weighted by atomic mass is 9.88. The molecule has 16 heavy (non-hydrogen) atoms. The fourth-order valence-electron chi connectivity index (χ4n) is 1.56. The van der Waals surface area contributed by atoms with E-state index in [-0.39, 0.29) is 5.41 Å². The van der Waals surface area contributed by atoms with Crippen molar-refractivity contribution in [1.82, 2.24) is 0 Å². The molecule has 1 rings (SSSR count). The lowest BCUT2D eigenvalue weighted by Gasteiger charge is -2.21. The zero-order chi connectivity index (χ0) is 12.3. The average Bonchev–Trinajstić information content (AvgIpc) is 2.17. The molecule has 1 aromatic carbocycles. The van der Waals surface area contributed by atoms with Crippen molar-refractivity contribution in [1.29, 1.82) is 0 Å². The molecule has 3 N–H and O–H groups in total. The number of aliphatic hydroxyl groups excluding tert-OH is 1. The van der Waals surface area contributed by atoms with Crippen LogP contribution in [0.15, 0.2) is 22.7 Å². The lowest BCUT2D eigenvalue weighted by molar-refractivity contribution is 0.148. The summed E-state index contributed by atoms with van der Waals surface area (Å²) in [5.41, 5.74) is 7.56. The van der Waals surface area contributed by atoms with Crippen LogP contribution in [0.3, 0.4) is 0 Å². The Morgan fingerprint density at radius 1 is 1.38 bits per heavy atom. The third-order valence-electron chi connectivity index (χ3n) is 2.58. The van der Waals surface area contributed by atoms with E-state index < -0.39 is 6.10 Å². The summed E-state index contributed by atoms with van der Waals surface area (Å²) in [6.45, 7) is 6.51. The van der Waals surface area contributed by atoms with Gasteiger partial charge in [0.2, 0.25) is 0 Å². The Bertz CT molecular complexity index is 357. The number of halogens is 1. The first kappa shape index (κ1) is 13.5. The highest BCUT2D eigenvalue weighted by Gasteiger charge is 2.16. The fourth-order valence-corrected chi connectivity index (χ4v) is 1.94. The number of aliphatic hydroxyl groups is 1. The van der Waals surface area contributed by atoms with Gasteiger partial charge in [-0.15, -0.1) is 0 Å². The van der Waals surface area contributed by atoms with Crippen molar-refractivity contribution in [3.05, 3.63) is 28.2 Å². The summed E-state index contributed by atoms with van der Waals surface area (Å²) in [5.74, 6) is 0. The molecule has 0 saturated heterocycles. The topological polar surface area (TPSA) is 46.2 Å². The summed E-state index contributed by atoms with van der Waals surface area (Å²) in [6.07, 6.45) is 1.24. The van der Waals surface area contributed by atoms with Crippen molar-refractivity contribution in [2.75, 3.05) is 5.73 Å². The monoisotopic (exact) mass is 285 g/mol. The summed E-state index contributed by atoms with van der Waals surface area (Å²) in [6, 6.07) is 5.59. The molecule has 0 spiro atoms. The molecule has 0 heterocycles. The van der Waals surface area contributed by atoms with Gasteiger partial charge in [0, 0.05) is 15.7 Å². The van der Waals surface area contributed by atoms with Gasteiger partial charge >= 0.3 is 0 Å². The van der Waals surface area contributed by atoms with Crippen molar-refractivity contribution in [2.24, 2.45) is 5.41 Å². The zero-order valence-electron chi connectivity index (χ0n) is 10.1. The second-order valence-electron chi connectivity index (χ2n) is 5.39. The summed E-state index contributed by atoms with van der Waals surface area (Å²) in [5, 5.41) is 10.1. The molecule has 0 aliphatic rings. The second-order valence-corrected chi connectivity index (χ2v) is 6.30. The Balaban J connectivity index is 2.73. The molecule has 1 unspecified atom stereocenters. The Hall–Kier alpha value is -0.540. The fraction of sp³-hybridized carbons (Fsp3) is 0.538. The first-order valence-electron chi connectivity index (χ1n) is 5.52. The van der Waals surface area contributed by atoms with Crippen molar-refractivity contribution < 1.29 is 5.11 Å². The smallest absolute Gasteiger partial charge is 0.0810 e. The molecule has 0 aliphatic heterocycles. The maximum atomic E-state index is 10.1. The average molecular weight is 286 g/mol. The molecular formula is C13H20BrNO. The Kier molecular flexibility index (Phi) is 4.39. The first-order valence-corrected chi connectivity index (χ1v) is 6.32. The van der Waals surface area contributed by atoms with Crippen LogP contribution >= 0.6 is 15.9 Å². The van der Waals surface area contributed by atoms with Gasteiger partial charge in [0.05, 0.1) is 6.10 Å². The van der Waals surface area contributed by atoms with E-state index in [1.54, 1.807) is 0 Å². The van der Waals surface area contributed by atoms with Crippen LogP contribution in [0.2, 0.25) is 0 Å². The summed E-state index contributed by atoms with van der Waals surface area (Å²) >= 11 is 3.39. The standard InChI is InChI=1S/C13H20BrNO/c1-13(2,3)7-6-12(16)10-8-9(14)4-5-11(10)15/h4-5,8,12,16H,6-7,15H2,1-3H3. The number of nitrogens with two attached hydrogens (primary N) is 1. The van der Waals surface area contributed by atoms with Crippen LogP contribution in [0, 0.1) is 5.41 Å². The number of anilines is 1. The summed E-state index contributed by atoms with van der Waals surface area (Å²) < 4.78 is 0.950. The van der Waals surface area contributed by atoms with E-state index in [0.29, 0.717) is 5.69 Å². The molecule has 1 aromatic rings. The van der Waals surface area contributed by atoms with E-state index in [4.69, 9.17) is 5.73 Å². The van der Waals surface area contributed by atoms with Gasteiger partial charge in [-0.1, -0.05) is 36.7 Å². The maximum Gasteiger partial charge on any atom is 0.0810 e. The van der Waals surface area contributed by atoms with Crippen molar-refractivity contribution >= 4 is 21.6 Å². The highest BCUT2D eigenvalue weighted by Crippen LogP contribution is 2.31. The van der Waals surface area contributed by atoms with Gasteiger partial charge < -0.3 is 10.8 Å². The molecule has 3 heteroatoms. The van der Waals surface area contributed by atoms with Gasteiger partial charge in [0.1, 0.15) is 0 Å². The third kappa shape index (κ3) is 4.14. The predicted molar refractivity (Wildman–Crippen MR) is 72.2 cm³/mol. The highest BCUT2D eigenvalue weighted by atomic mass is 79.9. The van der Waals surface area contributed by atoms with Gasteiger partial charge in [-0.05, 0) is 36.5 Å². The minimum Gasteiger partial charge on any atom is -0.398 e. The summed E-state index contributed by atoms with van der Waals surface area (Å²) in [7, 11) is 0. The van der Waals surface area contributed by atoms with Gasteiger partial charge in [-0.2, -0.15) is 0 Å². The van der Waals surface area contributed by atoms with Gasteiger partial charge in [-0.25, -0.2) is 0 Å². The number of hydrogen-bond acceptors (Lipinski definition) is 2. The van der Waals surface area contributed by atoms with Crippen LogP contribution in [0.25, 0.3) is 0 Å². The zero-order valence-corrected chi connectivity index (χ0v) is 11.7. The highest BCUT2D eigenvalue weighted by molar-refractivity contribution is 9.10. The third-order valence-corrected chi connectivity index (χ3v) is 3.07. The van der Waals surface area contributed by atoms with Crippen LogP contribution in [0.4, 0.5) is 5.69 Å². The van der Waals surface area contributed by atoms with Crippen LogP contribution in [-0.4, -0.2) is 5.11 Å². The van der Waals surface area contributed by atoms with Crippen molar-refractivity contribution in [2.45, 2.75) is 39.7 Å². The Morgan fingerprint density at radius 3 is 2.56 bits per heavy atom.